The van der Waals surface area contributed by atoms with Crippen molar-refractivity contribution in [3.8, 4) is 0 Å². The fourth-order valence-electron chi connectivity index (χ4n) is 0.613. The molecule has 0 saturated heterocycles. The lowest BCUT2D eigenvalue weighted by Gasteiger charge is -1.79. The maximum atomic E-state index is 10.1. The molecule has 1 aromatic heterocycles. The van der Waals surface area contributed by atoms with Crippen LogP contribution in [-0.2, 0) is 4.79 Å². The fourth-order valence-corrected chi connectivity index (χ4v) is 1.19. The van der Waals surface area contributed by atoms with Crippen molar-refractivity contribution in [1.29, 1.82) is 0 Å². The molecular formula is C7H7NO2S. The average molecular weight is 169 g/mol. The highest BCUT2D eigenvalue weighted by Gasteiger charge is 1.93. The molecule has 0 unspecified atom stereocenters. The Morgan fingerprint density at radius 2 is 2.55 bits per heavy atom. The van der Waals surface area contributed by atoms with E-state index in [0.29, 0.717) is 5.69 Å². The third kappa shape index (κ3) is 2.51. The zero-order chi connectivity index (χ0) is 8.27. The van der Waals surface area contributed by atoms with Crippen molar-refractivity contribution in [1.82, 2.24) is 4.98 Å². The molecule has 0 atom stereocenters. The predicted molar refractivity (Wildman–Crippen MR) is 43.5 cm³/mol. The number of carbonyl (C=O) groups is 1. The lowest BCUT2D eigenvalue weighted by Crippen LogP contribution is -1.85. The summed E-state index contributed by atoms with van der Waals surface area (Å²) in [6.07, 6.45) is 2.56. The van der Waals surface area contributed by atoms with E-state index in [4.69, 9.17) is 5.11 Å². The van der Waals surface area contributed by atoms with Gasteiger partial charge in [0.1, 0.15) is 0 Å². The van der Waals surface area contributed by atoms with Gasteiger partial charge in [-0.2, -0.15) is 0 Å². The van der Waals surface area contributed by atoms with Gasteiger partial charge in [-0.15, -0.1) is 11.3 Å². The van der Waals surface area contributed by atoms with E-state index in [-0.39, 0.29) is 0 Å². The molecule has 0 aliphatic heterocycles. The van der Waals surface area contributed by atoms with Crippen LogP contribution in [0.15, 0.2) is 11.5 Å². The molecule has 1 heterocycles. The monoisotopic (exact) mass is 169 g/mol. The lowest BCUT2D eigenvalue weighted by atomic mass is 10.4. The topological polar surface area (TPSA) is 50.2 Å². The van der Waals surface area contributed by atoms with Gasteiger partial charge in [0, 0.05) is 11.5 Å². The van der Waals surface area contributed by atoms with Crippen molar-refractivity contribution in [2.45, 2.75) is 6.92 Å². The Bertz CT molecular complexity index is 290. The summed E-state index contributed by atoms with van der Waals surface area (Å²) in [7, 11) is 0. The zero-order valence-electron chi connectivity index (χ0n) is 5.94. The van der Waals surface area contributed by atoms with Crippen molar-refractivity contribution in [3.05, 3.63) is 22.2 Å². The van der Waals surface area contributed by atoms with Crippen molar-refractivity contribution < 1.29 is 9.90 Å². The van der Waals surface area contributed by atoms with Crippen LogP contribution in [0, 0.1) is 6.92 Å². The summed E-state index contributed by atoms with van der Waals surface area (Å²) in [6.45, 7) is 1.88. The van der Waals surface area contributed by atoms with E-state index >= 15 is 0 Å². The van der Waals surface area contributed by atoms with Gasteiger partial charge in [-0.05, 0) is 13.0 Å². The minimum Gasteiger partial charge on any atom is -0.478 e. The number of carboxylic acids is 1. The first-order valence-electron chi connectivity index (χ1n) is 3.01. The Morgan fingerprint density at radius 3 is 3.00 bits per heavy atom. The normalized spacial score (nSPS) is 10.6. The van der Waals surface area contributed by atoms with E-state index in [1.165, 1.54) is 17.4 Å². The first-order chi connectivity index (χ1) is 5.18. The number of hydrogen-bond acceptors (Lipinski definition) is 3. The minimum atomic E-state index is -0.948. The summed E-state index contributed by atoms with van der Waals surface area (Å²) < 4.78 is 0. The van der Waals surface area contributed by atoms with Crippen molar-refractivity contribution in [2.75, 3.05) is 0 Å². The molecule has 11 heavy (non-hydrogen) atoms. The number of carboxylic acid groups (broad SMARTS) is 1. The largest absolute Gasteiger partial charge is 0.478 e. The van der Waals surface area contributed by atoms with Crippen LogP contribution in [-0.4, -0.2) is 16.1 Å². The Kier molecular flexibility index (Phi) is 2.38. The van der Waals surface area contributed by atoms with Crippen LogP contribution < -0.4 is 0 Å². The van der Waals surface area contributed by atoms with Crippen LogP contribution in [0.2, 0.25) is 0 Å². The smallest absolute Gasteiger partial charge is 0.328 e. The summed E-state index contributed by atoms with van der Waals surface area (Å²) >= 11 is 1.50. The minimum absolute atomic E-state index is 0.704. The van der Waals surface area contributed by atoms with Gasteiger partial charge in [-0.1, -0.05) is 0 Å². The molecule has 3 nitrogen and oxygen atoms in total. The van der Waals surface area contributed by atoms with Crippen molar-refractivity contribution >= 4 is 23.4 Å². The second-order valence-corrected chi connectivity index (χ2v) is 3.03. The highest BCUT2D eigenvalue weighted by molar-refractivity contribution is 7.09. The summed E-state index contributed by atoms with van der Waals surface area (Å²) in [6, 6.07) is 0. The van der Waals surface area contributed by atoms with Crippen LogP contribution in [0.1, 0.15) is 10.7 Å². The standard InChI is InChI=1S/C7H7NO2S/c1-5-8-6(4-11-5)2-3-7(9)10/h2-4H,1H3,(H,9,10)/b3-2-. The molecule has 1 rings (SSSR count). The number of thiazole rings is 1. The van der Waals surface area contributed by atoms with Crippen LogP contribution in [0.3, 0.4) is 0 Å². The van der Waals surface area contributed by atoms with E-state index in [0.717, 1.165) is 11.1 Å². The number of hydrogen-bond donors (Lipinski definition) is 1. The van der Waals surface area contributed by atoms with Gasteiger partial charge in [0.15, 0.2) is 0 Å². The molecule has 0 fully saturated rings. The first kappa shape index (κ1) is 7.94. The fraction of sp³-hybridized carbons (Fsp3) is 0.143. The van der Waals surface area contributed by atoms with Gasteiger partial charge in [0.25, 0.3) is 0 Å². The summed E-state index contributed by atoms with van der Waals surface area (Å²) in [5.74, 6) is -0.948. The van der Waals surface area contributed by atoms with E-state index in [2.05, 4.69) is 4.98 Å². The molecule has 0 saturated carbocycles. The van der Waals surface area contributed by atoms with Crippen LogP contribution in [0.5, 0.6) is 0 Å². The maximum Gasteiger partial charge on any atom is 0.328 e. The van der Waals surface area contributed by atoms with Gasteiger partial charge in [-0.25, -0.2) is 9.78 Å². The Balaban J connectivity index is 2.71. The SMILES string of the molecule is Cc1nc(/C=C\C(=O)O)cs1. The van der Waals surface area contributed by atoms with Gasteiger partial charge < -0.3 is 5.11 Å². The molecule has 58 valence electrons. The van der Waals surface area contributed by atoms with Crippen LogP contribution in [0.25, 0.3) is 6.08 Å². The highest BCUT2D eigenvalue weighted by atomic mass is 32.1. The van der Waals surface area contributed by atoms with E-state index in [1.54, 1.807) is 0 Å². The molecule has 0 bridgehead atoms. The molecule has 0 amide bonds. The quantitative estimate of drug-likeness (QED) is 0.683. The molecule has 1 N–H and O–H groups in total. The summed E-state index contributed by atoms with van der Waals surface area (Å²) in [5, 5.41) is 11.0. The van der Waals surface area contributed by atoms with Gasteiger partial charge in [0.05, 0.1) is 10.7 Å². The number of aliphatic carboxylic acids is 1. The van der Waals surface area contributed by atoms with Gasteiger partial charge >= 0.3 is 5.97 Å². The first-order valence-corrected chi connectivity index (χ1v) is 3.89. The Labute approximate surface area is 68.0 Å². The highest BCUT2D eigenvalue weighted by Crippen LogP contribution is 2.08. The van der Waals surface area contributed by atoms with Crippen molar-refractivity contribution in [2.24, 2.45) is 0 Å². The average Bonchev–Trinajstić information content (AvgIpc) is 2.31. The Hall–Kier alpha value is -1.16. The molecule has 0 aliphatic rings. The van der Waals surface area contributed by atoms with Crippen LogP contribution >= 0.6 is 11.3 Å². The molecule has 1 aromatic rings. The lowest BCUT2D eigenvalue weighted by molar-refractivity contribution is -0.131. The van der Waals surface area contributed by atoms with Crippen molar-refractivity contribution in [3.63, 3.8) is 0 Å². The molecule has 0 spiro atoms. The van der Waals surface area contributed by atoms with Gasteiger partial charge in [-0.3, -0.25) is 0 Å². The second-order valence-electron chi connectivity index (χ2n) is 1.96. The summed E-state index contributed by atoms with van der Waals surface area (Å²) in [5.41, 5.74) is 0.704. The zero-order valence-corrected chi connectivity index (χ0v) is 6.76. The van der Waals surface area contributed by atoms with Gasteiger partial charge in [0.2, 0.25) is 0 Å². The molecule has 0 aromatic carbocycles. The third-order valence-corrected chi connectivity index (χ3v) is 1.83. The van der Waals surface area contributed by atoms with E-state index < -0.39 is 5.97 Å². The molecule has 4 heteroatoms. The van der Waals surface area contributed by atoms with Crippen LogP contribution in [0.4, 0.5) is 0 Å². The Morgan fingerprint density at radius 1 is 1.82 bits per heavy atom. The summed E-state index contributed by atoms with van der Waals surface area (Å²) in [4.78, 5) is 14.1. The van der Waals surface area contributed by atoms with E-state index in [9.17, 15) is 4.79 Å². The number of aromatic nitrogens is 1. The van der Waals surface area contributed by atoms with E-state index in [1.807, 2.05) is 12.3 Å². The molecular weight excluding hydrogens is 162 g/mol. The third-order valence-electron chi connectivity index (χ3n) is 1.03. The predicted octanol–water partition coefficient (Wildman–Crippen LogP) is 1.55. The number of rotatable bonds is 2. The molecule has 0 radical (unpaired) electrons. The number of nitrogens with zero attached hydrogens (tertiary/aromatic N) is 1. The number of aryl methyl sites for hydroxylation is 1. The second kappa shape index (κ2) is 3.30. The maximum absolute atomic E-state index is 10.1. The molecule has 0 aliphatic carbocycles.